The summed E-state index contributed by atoms with van der Waals surface area (Å²) >= 11 is 3.47. The summed E-state index contributed by atoms with van der Waals surface area (Å²) < 4.78 is 0.994. The third-order valence-electron chi connectivity index (χ3n) is 3.56. The van der Waals surface area contributed by atoms with Crippen LogP contribution in [-0.4, -0.2) is 35.2 Å². The molecule has 1 fully saturated rings. The smallest absolute Gasteiger partial charge is 0.322 e. The molecule has 1 aliphatic carbocycles. The second-order valence-corrected chi connectivity index (χ2v) is 6.05. The molecule has 1 aliphatic rings. The second kappa shape index (κ2) is 7.09. The van der Waals surface area contributed by atoms with Gasteiger partial charge < -0.3 is 15.3 Å². The third kappa shape index (κ3) is 3.96. The molecule has 1 saturated carbocycles. The Balaban J connectivity index is 1.99. The van der Waals surface area contributed by atoms with Gasteiger partial charge in [-0.3, -0.25) is 0 Å². The van der Waals surface area contributed by atoms with Crippen molar-refractivity contribution in [1.29, 1.82) is 0 Å². The van der Waals surface area contributed by atoms with Gasteiger partial charge in [0.25, 0.3) is 0 Å². The lowest BCUT2D eigenvalue weighted by Crippen LogP contribution is -2.37. The molecule has 0 bridgehead atoms. The van der Waals surface area contributed by atoms with E-state index in [1.807, 2.05) is 30.0 Å². The highest BCUT2D eigenvalue weighted by molar-refractivity contribution is 9.10. The fourth-order valence-electron chi connectivity index (χ4n) is 2.16. The molecule has 0 heterocycles. The molecule has 2 N–H and O–H groups in total. The van der Waals surface area contributed by atoms with E-state index in [4.69, 9.17) is 5.11 Å². The fraction of sp³-hybridized carbons (Fsp3) is 0.533. The molecule has 1 aromatic carbocycles. The first-order chi connectivity index (χ1) is 9.63. The van der Waals surface area contributed by atoms with Gasteiger partial charge in [0.15, 0.2) is 0 Å². The average molecular weight is 341 g/mol. The molecule has 4 nitrogen and oxygen atoms in total. The predicted molar refractivity (Wildman–Crippen MR) is 83.9 cm³/mol. The van der Waals surface area contributed by atoms with Gasteiger partial charge in [-0.05, 0) is 50.3 Å². The zero-order chi connectivity index (χ0) is 14.5. The largest absolute Gasteiger partial charge is 0.396 e. The number of carbonyl (C=O) groups is 1. The van der Waals surface area contributed by atoms with E-state index in [2.05, 4.69) is 21.2 Å². The zero-order valence-electron chi connectivity index (χ0n) is 11.7. The number of halogens is 1. The van der Waals surface area contributed by atoms with Crippen LogP contribution in [0.2, 0.25) is 0 Å². The van der Waals surface area contributed by atoms with Crippen molar-refractivity contribution in [3.8, 4) is 0 Å². The van der Waals surface area contributed by atoms with Gasteiger partial charge in [0.2, 0.25) is 0 Å². The normalized spacial score (nSPS) is 14.2. The summed E-state index contributed by atoms with van der Waals surface area (Å²) in [5.41, 5.74) is 1.88. The van der Waals surface area contributed by atoms with E-state index < -0.39 is 0 Å². The van der Waals surface area contributed by atoms with Gasteiger partial charge in [0, 0.05) is 29.4 Å². The predicted octanol–water partition coefficient (Wildman–Crippen LogP) is 3.53. The van der Waals surface area contributed by atoms with Crippen molar-refractivity contribution < 1.29 is 9.90 Å². The summed E-state index contributed by atoms with van der Waals surface area (Å²) in [7, 11) is 0. The highest BCUT2D eigenvalue weighted by Gasteiger charge is 2.32. The minimum atomic E-state index is -0.0355. The first-order valence-electron chi connectivity index (χ1n) is 7.07. The summed E-state index contributed by atoms with van der Waals surface area (Å²) in [5, 5.41) is 11.8. The summed E-state index contributed by atoms with van der Waals surface area (Å²) in [4.78, 5) is 14.3. The maximum Gasteiger partial charge on any atom is 0.322 e. The fourth-order valence-corrected chi connectivity index (χ4v) is 2.53. The lowest BCUT2D eigenvalue weighted by molar-refractivity contribution is 0.204. The quantitative estimate of drug-likeness (QED) is 0.778. The van der Waals surface area contributed by atoms with Crippen LogP contribution in [0.25, 0.3) is 0 Å². The number of rotatable bonds is 6. The van der Waals surface area contributed by atoms with Crippen LogP contribution >= 0.6 is 15.9 Å². The molecule has 0 saturated heterocycles. The van der Waals surface area contributed by atoms with Crippen molar-refractivity contribution in [3.63, 3.8) is 0 Å². The SMILES string of the molecule is Cc1c(Br)cccc1NC(=O)N(CCCCO)C1CC1. The van der Waals surface area contributed by atoms with Gasteiger partial charge in [-0.25, -0.2) is 4.79 Å². The molecule has 0 spiro atoms. The molecule has 0 atom stereocenters. The van der Waals surface area contributed by atoms with E-state index >= 15 is 0 Å². The number of benzene rings is 1. The summed E-state index contributed by atoms with van der Waals surface area (Å²) in [6.45, 7) is 2.88. The van der Waals surface area contributed by atoms with Crippen molar-refractivity contribution in [2.45, 2.75) is 38.6 Å². The Morgan fingerprint density at radius 3 is 2.85 bits per heavy atom. The first-order valence-corrected chi connectivity index (χ1v) is 7.86. The molecule has 20 heavy (non-hydrogen) atoms. The van der Waals surface area contributed by atoms with E-state index in [0.29, 0.717) is 12.6 Å². The van der Waals surface area contributed by atoms with Crippen LogP contribution < -0.4 is 5.32 Å². The van der Waals surface area contributed by atoms with Crippen LogP contribution in [0.1, 0.15) is 31.2 Å². The van der Waals surface area contributed by atoms with Crippen molar-refractivity contribution in [2.24, 2.45) is 0 Å². The molecule has 0 aromatic heterocycles. The molecule has 2 rings (SSSR count). The number of anilines is 1. The summed E-state index contributed by atoms with van der Waals surface area (Å²) in [6, 6.07) is 6.13. The number of hydrogen-bond acceptors (Lipinski definition) is 2. The number of unbranched alkanes of at least 4 members (excludes halogenated alkanes) is 1. The Morgan fingerprint density at radius 1 is 1.45 bits per heavy atom. The lowest BCUT2D eigenvalue weighted by Gasteiger charge is -2.23. The van der Waals surface area contributed by atoms with Crippen LogP contribution in [0, 0.1) is 6.92 Å². The van der Waals surface area contributed by atoms with Crippen LogP contribution in [0.15, 0.2) is 22.7 Å². The van der Waals surface area contributed by atoms with E-state index in [-0.39, 0.29) is 12.6 Å². The molecule has 2 amide bonds. The summed E-state index contributed by atoms with van der Waals surface area (Å²) in [5.74, 6) is 0. The Morgan fingerprint density at radius 2 is 2.20 bits per heavy atom. The summed E-state index contributed by atoms with van der Waals surface area (Å²) in [6.07, 6.45) is 3.76. The van der Waals surface area contributed by atoms with Crippen molar-refractivity contribution in [3.05, 3.63) is 28.2 Å². The average Bonchev–Trinajstić information content (AvgIpc) is 3.24. The number of nitrogens with zero attached hydrogens (tertiary/aromatic N) is 1. The van der Waals surface area contributed by atoms with Gasteiger partial charge in [0.05, 0.1) is 0 Å². The molecule has 5 heteroatoms. The highest BCUT2D eigenvalue weighted by Crippen LogP contribution is 2.29. The van der Waals surface area contributed by atoms with Crippen LogP contribution in [0.4, 0.5) is 10.5 Å². The molecule has 0 aliphatic heterocycles. The standard InChI is InChI=1S/C15H21BrN2O2/c1-11-13(16)5-4-6-14(11)17-15(20)18(12-7-8-12)9-2-3-10-19/h4-6,12,19H,2-3,7-10H2,1H3,(H,17,20). The number of aliphatic hydroxyl groups excluding tert-OH is 1. The molecular weight excluding hydrogens is 320 g/mol. The molecule has 0 unspecified atom stereocenters. The lowest BCUT2D eigenvalue weighted by atomic mass is 10.2. The first kappa shape index (κ1) is 15.3. The zero-order valence-corrected chi connectivity index (χ0v) is 13.3. The van der Waals surface area contributed by atoms with Crippen molar-refractivity contribution in [2.75, 3.05) is 18.5 Å². The Bertz CT molecular complexity index is 475. The van der Waals surface area contributed by atoms with Crippen LogP contribution in [0.3, 0.4) is 0 Å². The number of aliphatic hydroxyl groups is 1. The van der Waals surface area contributed by atoms with Gasteiger partial charge in [0.1, 0.15) is 0 Å². The minimum Gasteiger partial charge on any atom is -0.396 e. The van der Waals surface area contributed by atoms with Crippen molar-refractivity contribution in [1.82, 2.24) is 4.90 Å². The van der Waals surface area contributed by atoms with Crippen LogP contribution in [0.5, 0.6) is 0 Å². The van der Waals surface area contributed by atoms with E-state index in [1.54, 1.807) is 0 Å². The van der Waals surface area contributed by atoms with E-state index in [0.717, 1.165) is 41.4 Å². The number of amides is 2. The maximum atomic E-state index is 12.4. The van der Waals surface area contributed by atoms with E-state index in [1.165, 1.54) is 0 Å². The molecule has 0 radical (unpaired) electrons. The van der Waals surface area contributed by atoms with E-state index in [9.17, 15) is 4.79 Å². The van der Waals surface area contributed by atoms with Crippen molar-refractivity contribution >= 4 is 27.6 Å². The topological polar surface area (TPSA) is 52.6 Å². The third-order valence-corrected chi connectivity index (χ3v) is 4.42. The minimum absolute atomic E-state index is 0.0355. The molecular formula is C15H21BrN2O2. The second-order valence-electron chi connectivity index (χ2n) is 5.20. The monoisotopic (exact) mass is 340 g/mol. The Kier molecular flexibility index (Phi) is 5.43. The number of nitrogens with one attached hydrogen (secondary N) is 1. The molecule has 1 aromatic rings. The molecule has 110 valence electrons. The van der Waals surface area contributed by atoms with Crippen LogP contribution in [-0.2, 0) is 0 Å². The Hall–Kier alpha value is -1.07. The number of hydrogen-bond donors (Lipinski definition) is 2. The highest BCUT2D eigenvalue weighted by atomic mass is 79.9. The Labute approximate surface area is 128 Å². The van der Waals surface area contributed by atoms with Gasteiger partial charge in [-0.2, -0.15) is 0 Å². The number of carbonyl (C=O) groups excluding carboxylic acids is 1. The van der Waals surface area contributed by atoms with Gasteiger partial charge in [-0.1, -0.05) is 22.0 Å². The maximum absolute atomic E-state index is 12.4. The van der Waals surface area contributed by atoms with Gasteiger partial charge >= 0.3 is 6.03 Å². The van der Waals surface area contributed by atoms with Gasteiger partial charge in [-0.15, -0.1) is 0 Å². The number of urea groups is 1.